The van der Waals surface area contributed by atoms with Gasteiger partial charge in [-0.05, 0) is 30.4 Å². The van der Waals surface area contributed by atoms with E-state index in [0.29, 0.717) is 5.92 Å². The lowest BCUT2D eigenvalue weighted by atomic mass is 9.76. The number of nitro benzene ring substituents is 1. The molecule has 0 radical (unpaired) electrons. The lowest BCUT2D eigenvalue weighted by Crippen LogP contribution is -2.47. The van der Waals surface area contributed by atoms with Gasteiger partial charge in [-0.25, -0.2) is 0 Å². The van der Waals surface area contributed by atoms with E-state index in [1.54, 1.807) is 6.07 Å². The van der Waals surface area contributed by atoms with Crippen molar-refractivity contribution in [2.24, 2.45) is 5.92 Å². The van der Waals surface area contributed by atoms with Crippen LogP contribution in [0.15, 0.2) is 18.2 Å². The Morgan fingerprint density at radius 2 is 2.05 bits per heavy atom. The number of phenolic OH excluding ortho intramolecular Hbond substituents is 1. The van der Waals surface area contributed by atoms with Crippen molar-refractivity contribution >= 4 is 5.69 Å². The highest BCUT2D eigenvalue weighted by Crippen LogP contribution is 2.43. The molecule has 0 spiro atoms. The van der Waals surface area contributed by atoms with Crippen LogP contribution in [0.3, 0.4) is 0 Å². The van der Waals surface area contributed by atoms with Crippen LogP contribution in [0, 0.1) is 16.0 Å². The van der Waals surface area contributed by atoms with Gasteiger partial charge in [0.25, 0.3) is 0 Å². The maximum Gasteiger partial charge on any atom is 0.311 e. The largest absolute Gasteiger partial charge is 0.502 e. The fraction of sp³-hybridized carbons (Fsp3) is 0.600. The molecule has 6 heteroatoms. The molecule has 1 heterocycles. The number of aromatic hydroxyl groups is 1. The number of rotatable bonds is 4. The zero-order chi connectivity index (χ0) is 14.8. The zero-order valence-electron chi connectivity index (χ0n) is 12.0. The fourth-order valence-electron chi connectivity index (χ4n) is 3.37. The zero-order valence-corrected chi connectivity index (χ0v) is 12.0. The normalized spacial score (nSPS) is 21.7. The molecular formula is C15H21N3O3. The molecule has 21 heavy (non-hydrogen) atoms. The van der Waals surface area contributed by atoms with Gasteiger partial charge >= 0.3 is 5.69 Å². The molecule has 0 bridgehead atoms. The van der Waals surface area contributed by atoms with E-state index < -0.39 is 4.92 Å². The number of phenols is 1. The maximum atomic E-state index is 11.0. The molecule has 6 nitrogen and oxygen atoms in total. The van der Waals surface area contributed by atoms with Gasteiger partial charge in [-0.3, -0.25) is 15.0 Å². The van der Waals surface area contributed by atoms with Gasteiger partial charge in [-0.2, -0.15) is 0 Å². The monoisotopic (exact) mass is 291 g/mol. The third-order valence-corrected chi connectivity index (χ3v) is 4.68. The summed E-state index contributed by atoms with van der Waals surface area (Å²) in [4.78, 5) is 13.0. The average molecular weight is 291 g/mol. The van der Waals surface area contributed by atoms with Crippen LogP contribution in [0.25, 0.3) is 0 Å². The van der Waals surface area contributed by atoms with E-state index in [2.05, 4.69) is 10.2 Å². The van der Waals surface area contributed by atoms with Gasteiger partial charge < -0.3 is 10.4 Å². The van der Waals surface area contributed by atoms with Crippen LogP contribution < -0.4 is 5.32 Å². The summed E-state index contributed by atoms with van der Waals surface area (Å²) in [5.74, 6) is 0.323. The first-order valence-corrected chi connectivity index (χ1v) is 7.59. The summed E-state index contributed by atoms with van der Waals surface area (Å²) in [6.07, 6.45) is 3.61. The number of nitrogens with one attached hydrogen (secondary N) is 1. The summed E-state index contributed by atoms with van der Waals surface area (Å²) >= 11 is 0. The van der Waals surface area contributed by atoms with Crippen molar-refractivity contribution < 1.29 is 10.0 Å². The number of hydrogen-bond donors (Lipinski definition) is 2. The Morgan fingerprint density at radius 1 is 1.33 bits per heavy atom. The SMILES string of the molecule is O=[N+]([O-])c1cc([C@@H](C2CCC2)N2CCNCC2)ccc1O. The molecule has 0 unspecified atom stereocenters. The van der Waals surface area contributed by atoms with Gasteiger partial charge in [-0.15, -0.1) is 0 Å². The van der Waals surface area contributed by atoms with E-state index in [-0.39, 0.29) is 17.5 Å². The Hall–Kier alpha value is -1.66. The predicted octanol–water partition coefficient (Wildman–Crippen LogP) is 2.05. The van der Waals surface area contributed by atoms with Crippen molar-refractivity contribution in [3.63, 3.8) is 0 Å². The lowest BCUT2D eigenvalue weighted by Gasteiger charge is -2.43. The van der Waals surface area contributed by atoms with Gasteiger partial charge in [0.05, 0.1) is 4.92 Å². The van der Waals surface area contributed by atoms with Gasteiger partial charge in [0.15, 0.2) is 5.75 Å². The van der Waals surface area contributed by atoms with E-state index >= 15 is 0 Å². The minimum atomic E-state index is -0.506. The molecule has 114 valence electrons. The molecule has 1 aromatic rings. The summed E-state index contributed by atoms with van der Waals surface area (Å²) in [5, 5.41) is 24.0. The van der Waals surface area contributed by atoms with Crippen molar-refractivity contribution in [3.05, 3.63) is 33.9 Å². The quantitative estimate of drug-likeness (QED) is 0.655. The van der Waals surface area contributed by atoms with Crippen LogP contribution in [-0.4, -0.2) is 41.1 Å². The molecule has 1 aliphatic carbocycles. The Bertz CT molecular complexity index is 525. The Balaban J connectivity index is 1.91. The van der Waals surface area contributed by atoms with Crippen LogP contribution in [0.2, 0.25) is 0 Å². The van der Waals surface area contributed by atoms with Gasteiger partial charge in [-0.1, -0.05) is 12.5 Å². The maximum absolute atomic E-state index is 11.0. The second-order valence-corrected chi connectivity index (χ2v) is 5.93. The molecule has 1 aliphatic heterocycles. The van der Waals surface area contributed by atoms with E-state index in [4.69, 9.17) is 0 Å². The summed E-state index contributed by atoms with van der Waals surface area (Å²) < 4.78 is 0. The standard InChI is InChI=1S/C15H21N3O3/c19-14-5-4-12(10-13(14)18(20)21)15(11-2-1-3-11)17-8-6-16-7-9-17/h4-5,10-11,15-16,19H,1-3,6-9H2/t15-/m1/s1. The van der Waals surface area contributed by atoms with Crippen molar-refractivity contribution in [2.45, 2.75) is 25.3 Å². The topological polar surface area (TPSA) is 78.6 Å². The third-order valence-electron chi connectivity index (χ3n) is 4.68. The predicted molar refractivity (Wildman–Crippen MR) is 79.3 cm³/mol. The van der Waals surface area contributed by atoms with E-state index in [1.165, 1.54) is 25.3 Å². The highest BCUT2D eigenvalue weighted by Gasteiger charge is 2.34. The molecule has 2 N–H and O–H groups in total. The highest BCUT2D eigenvalue weighted by molar-refractivity contribution is 5.48. The number of benzene rings is 1. The van der Waals surface area contributed by atoms with Crippen molar-refractivity contribution in [1.29, 1.82) is 0 Å². The van der Waals surface area contributed by atoms with Crippen molar-refractivity contribution in [1.82, 2.24) is 10.2 Å². The van der Waals surface area contributed by atoms with Crippen molar-refractivity contribution in [2.75, 3.05) is 26.2 Å². The summed E-state index contributed by atoms with van der Waals surface area (Å²) in [6, 6.07) is 5.09. The lowest BCUT2D eigenvalue weighted by molar-refractivity contribution is -0.386. The number of nitro groups is 1. The number of piperazine rings is 1. The molecule has 2 aliphatic rings. The van der Waals surface area contributed by atoms with Crippen LogP contribution >= 0.6 is 0 Å². The Morgan fingerprint density at radius 3 is 2.62 bits per heavy atom. The van der Waals surface area contributed by atoms with Crippen LogP contribution in [0.4, 0.5) is 5.69 Å². The number of hydrogen-bond acceptors (Lipinski definition) is 5. The van der Waals surface area contributed by atoms with Crippen LogP contribution in [0.1, 0.15) is 30.9 Å². The Kier molecular flexibility index (Phi) is 4.07. The molecule has 3 rings (SSSR count). The van der Waals surface area contributed by atoms with E-state index in [9.17, 15) is 15.2 Å². The minimum absolute atomic E-state index is 0.188. The first-order valence-electron chi connectivity index (χ1n) is 7.59. The first kappa shape index (κ1) is 14.3. The number of nitrogens with zero attached hydrogens (tertiary/aromatic N) is 2. The second-order valence-electron chi connectivity index (χ2n) is 5.93. The second kappa shape index (κ2) is 5.99. The minimum Gasteiger partial charge on any atom is -0.502 e. The van der Waals surface area contributed by atoms with E-state index in [0.717, 1.165) is 31.7 Å². The summed E-state index contributed by atoms with van der Waals surface area (Å²) in [7, 11) is 0. The fourth-order valence-corrected chi connectivity index (χ4v) is 3.37. The molecule has 1 aromatic carbocycles. The molecule has 1 saturated heterocycles. The molecule has 0 aromatic heterocycles. The first-order chi connectivity index (χ1) is 10.2. The Labute approximate surface area is 123 Å². The average Bonchev–Trinajstić information content (AvgIpc) is 2.44. The molecule has 1 saturated carbocycles. The van der Waals surface area contributed by atoms with E-state index in [1.807, 2.05) is 6.07 Å². The molecule has 0 amide bonds. The van der Waals surface area contributed by atoms with Gasteiger partial charge in [0, 0.05) is 38.3 Å². The third kappa shape index (κ3) is 2.87. The van der Waals surface area contributed by atoms with Crippen LogP contribution in [-0.2, 0) is 0 Å². The van der Waals surface area contributed by atoms with Gasteiger partial charge in [0.1, 0.15) is 0 Å². The molecule has 2 fully saturated rings. The van der Waals surface area contributed by atoms with Crippen LogP contribution in [0.5, 0.6) is 5.75 Å². The van der Waals surface area contributed by atoms with Crippen molar-refractivity contribution in [3.8, 4) is 5.75 Å². The summed E-state index contributed by atoms with van der Waals surface area (Å²) in [6.45, 7) is 3.86. The highest BCUT2D eigenvalue weighted by atomic mass is 16.6. The molecule has 1 atom stereocenters. The smallest absolute Gasteiger partial charge is 0.311 e. The van der Waals surface area contributed by atoms with Gasteiger partial charge in [0.2, 0.25) is 0 Å². The summed E-state index contributed by atoms with van der Waals surface area (Å²) in [5.41, 5.74) is 0.776. The molecular weight excluding hydrogens is 270 g/mol.